The van der Waals surface area contributed by atoms with E-state index in [1.54, 1.807) is 0 Å². The molecule has 1 aromatic carbocycles. The predicted molar refractivity (Wildman–Crippen MR) is 86.0 cm³/mol. The largest absolute Gasteiger partial charge is 0.382 e. The van der Waals surface area contributed by atoms with Crippen LogP contribution in [0.5, 0.6) is 0 Å². The number of anilines is 2. The van der Waals surface area contributed by atoms with E-state index in [4.69, 9.17) is 0 Å². The molecule has 1 aromatic rings. The standard InChI is InChI=1S/C16H24N4O/c1-2-20-10-4-5-12(20)11-19-16(21)13-6-3-7-14-15(13)18-9-8-17-14/h3,6-7,12,17-18H,2,4-5,8-11H2,1H3,(H,19,21). The second kappa shape index (κ2) is 6.35. The fraction of sp³-hybridized carbons (Fsp3) is 0.562. The number of hydrogen-bond donors (Lipinski definition) is 3. The Labute approximate surface area is 126 Å². The molecule has 1 atom stereocenters. The smallest absolute Gasteiger partial charge is 0.253 e. The first-order valence-corrected chi connectivity index (χ1v) is 7.92. The average molecular weight is 288 g/mol. The molecule has 1 saturated heterocycles. The second-order valence-corrected chi connectivity index (χ2v) is 5.72. The Morgan fingerprint density at radius 2 is 2.24 bits per heavy atom. The molecule has 0 saturated carbocycles. The first-order chi connectivity index (χ1) is 10.3. The van der Waals surface area contributed by atoms with Gasteiger partial charge < -0.3 is 16.0 Å². The molecule has 0 bridgehead atoms. The highest BCUT2D eigenvalue weighted by atomic mass is 16.1. The van der Waals surface area contributed by atoms with Crippen LogP contribution in [-0.2, 0) is 0 Å². The van der Waals surface area contributed by atoms with Gasteiger partial charge in [-0.2, -0.15) is 0 Å². The number of amides is 1. The Morgan fingerprint density at radius 3 is 3.10 bits per heavy atom. The molecule has 5 nitrogen and oxygen atoms in total. The van der Waals surface area contributed by atoms with Crippen molar-refractivity contribution in [2.24, 2.45) is 0 Å². The van der Waals surface area contributed by atoms with Crippen LogP contribution in [0.3, 0.4) is 0 Å². The summed E-state index contributed by atoms with van der Waals surface area (Å²) in [7, 11) is 0. The van der Waals surface area contributed by atoms with Gasteiger partial charge in [0, 0.05) is 25.7 Å². The van der Waals surface area contributed by atoms with Crippen molar-refractivity contribution >= 4 is 17.3 Å². The number of benzene rings is 1. The number of nitrogens with one attached hydrogen (secondary N) is 3. The minimum atomic E-state index is 0.0194. The zero-order chi connectivity index (χ0) is 14.7. The van der Waals surface area contributed by atoms with Crippen molar-refractivity contribution in [1.82, 2.24) is 10.2 Å². The average Bonchev–Trinajstić information content (AvgIpc) is 2.99. The molecule has 21 heavy (non-hydrogen) atoms. The summed E-state index contributed by atoms with van der Waals surface area (Å²) in [6.07, 6.45) is 2.42. The summed E-state index contributed by atoms with van der Waals surface area (Å²) in [6, 6.07) is 6.32. The normalized spacial score (nSPS) is 21.3. The van der Waals surface area contributed by atoms with Crippen molar-refractivity contribution < 1.29 is 4.79 Å². The number of likely N-dealkylation sites (N-methyl/N-ethyl adjacent to an activating group) is 1. The predicted octanol–water partition coefficient (Wildman–Crippen LogP) is 1.74. The molecule has 1 fully saturated rings. The first-order valence-electron chi connectivity index (χ1n) is 7.92. The van der Waals surface area contributed by atoms with E-state index in [1.807, 2.05) is 18.2 Å². The highest BCUT2D eigenvalue weighted by Gasteiger charge is 2.24. The van der Waals surface area contributed by atoms with Crippen LogP contribution in [0.2, 0.25) is 0 Å². The van der Waals surface area contributed by atoms with E-state index in [-0.39, 0.29) is 5.91 Å². The molecule has 0 aromatic heterocycles. The molecule has 0 aliphatic carbocycles. The van der Waals surface area contributed by atoms with Gasteiger partial charge in [-0.3, -0.25) is 9.69 Å². The van der Waals surface area contributed by atoms with Crippen LogP contribution in [0.1, 0.15) is 30.1 Å². The van der Waals surface area contributed by atoms with Crippen LogP contribution in [-0.4, -0.2) is 49.6 Å². The van der Waals surface area contributed by atoms with E-state index in [9.17, 15) is 4.79 Å². The fourth-order valence-electron chi connectivity index (χ4n) is 3.31. The highest BCUT2D eigenvalue weighted by Crippen LogP contribution is 2.28. The van der Waals surface area contributed by atoms with Gasteiger partial charge in [-0.1, -0.05) is 13.0 Å². The Morgan fingerprint density at radius 1 is 1.38 bits per heavy atom. The topological polar surface area (TPSA) is 56.4 Å². The monoisotopic (exact) mass is 288 g/mol. The van der Waals surface area contributed by atoms with Crippen LogP contribution in [0.15, 0.2) is 18.2 Å². The van der Waals surface area contributed by atoms with E-state index in [0.717, 1.165) is 49.7 Å². The third kappa shape index (κ3) is 2.97. The molecular weight excluding hydrogens is 264 g/mol. The van der Waals surface area contributed by atoms with Gasteiger partial charge in [0.25, 0.3) is 5.91 Å². The lowest BCUT2D eigenvalue weighted by Crippen LogP contribution is -2.40. The van der Waals surface area contributed by atoms with Gasteiger partial charge in [0.15, 0.2) is 0 Å². The molecule has 3 rings (SSSR count). The molecule has 1 amide bonds. The lowest BCUT2D eigenvalue weighted by molar-refractivity contribution is 0.0942. The first kappa shape index (κ1) is 14.2. The summed E-state index contributed by atoms with van der Waals surface area (Å²) >= 11 is 0. The molecule has 0 spiro atoms. The fourth-order valence-corrected chi connectivity index (χ4v) is 3.31. The minimum absolute atomic E-state index is 0.0194. The van der Waals surface area contributed by atoms with Crippen LogP contribution in [0, 0.1) is 0 Å². The molecule has 0 radical (unpaired) electrons. The van der Waals surface area contributed by atoms with Crippen molar-refractivity contribution in [2.75, 3.05) is 43.4 Å². The molecule has 2 heterocycles. The molecule has 2 aliphatic rings. The van der Waals surface area contributed by atoms with Gasteiger partial charge in [-0.05, 0) is 38.1 Å². The van der Waals surface area contributed by atoms with Crippen molar-refractivity contribution in [3.8, 4) is 0 Å². The van der Waals surface area contributed by atoms with Crippen LogP contribution >= 0.6 is 0 Å². The van der Waals surface area contributed by atoms with Crippen LogP contribution < -0.4 is 16.0 Å². The van der Waals surface area contributed by atoms with Crippen LogP contribution in [0.25, 0.3) is 0 Å². The maximum atomic E-state index is 12.5. The Hall–Kier alpha value is -1.75. The van der Waals surface area contributed by atoms with Gasteiger partial charge in [-0.15, -0.1) is 0 Å². The summed E-state index contributed by atoms with van der Waals surface area (Å²) in [5.41, 5.74) is 2.69. The minimum Gasteiger partial charge on any atom is -0.382 e. The summed E-state index contributed by atoms with van der Waals surface area (Å²) < 4.78 is 0. The maximum absolute atomic E-state index is 12.5. The number of rotatable bonds is 4. The van der Waals surface area contributed by atoms with Gasteiger partial charge in [-0.25, -0.2) is 0 Å². The van der Waals surface area contributed by atoms with Crippen molar-refractivity contribution in [2.45, 2.75) is 25.8 Å². The maximum Gasteiger partial charge on any atom is 0.253 e. The van der Waals surface area contributed by atoms with Gasteiger partial charge in [0.2, 0.25) is 0 Å². The highest BCUT2D eigenvalue weighted by molar-refractivity contribution is 6.02. The third-order valence-corrected chi connectivity index (χ3v) is 4.45. The van der Waals surface area contributed by atoms with Crippen LogP contribution in [0.4, 0.5) is 11.4 Å². The quantitative estimate of drug-likeness (QED) is 0.790. The number of nitrogens with zero attached hydrogens (tertiary/aromatic N) is 1. The van der Waals surface area contributed by atoms with Crippen molar-refractivity contribution in [3.05, 3.63) is 23.8 Å². The Balaban J connectivity index is 1.66. The van der Waals surface area contributed by atoms with E-state index in [0.29, 0.717) is 6.04 Å². The zero-order valence-electron chi connectivity index (χ0n) is 12.6. The molecule has 1 unspecified atom stereocenters. The molecule has 2 aliphatic heterocycles. The lowest BCUT2D eigenvalue weighted by atomic mass is 10.1. The van der Waals surface area contributed by atoms with E-state index < -0.39 is 0 Å². The van der Waals surface area contributed by atoms with E-state index >= 15 is 0 Å². The number of carbonyl (C=O) groups excluding carboxylic acids is 1. The van der Waals surface area contributed by atoms with Gasteiger partial charge >= 0.3 is 0 Å². The van der Waals surface area contributed by atoms with E-state index in [1.165, 1.54) is 12.8 Å². The summed E-state index contributed by atoms with van der Waals surface area (Å²) in [6.45, 7) is 6.89. The number of likely N-dealkylation sites (tertiary alicyclic amines) is 1. The van der Waals surface area contributed by atoms with E-state index in [2.05, 4.69) is 27.8 Å². The SMILES string of the molecule is CCN1CCCC1CNC(=O)c1cccc2c1NCCN2. The number of fused-ring (bicyclic) bond motifs is 1. The summed E-state index contributed by atoms with van der Waals surface area (Å²) in [4.78, 5) is 14.9. The number of hydrogen-bond acceptors (Lipinski definition) is 4. The lowest BCUT2D eigenvalue weighted by Gasteiger charge is -2.24. The van der Waals surface area contributed by atoms with Crippen molar-refractivity contribution in [3.63, 3.8) is 0 Å². The third-order valence-electron chi connectivity index (χ3n) is 4.45. The number of para-hydroxylation sites is 1. The molecule has 5 heteroatoms. The van der Waals surface area contributed by atoms with Gasteiger partial charge in [0.05, 0.1) is 16.9 Å². The molecule has 3 N–H and O–H groups in total. The second-order valence-electron chi connectivity index (χ2n) is 5.72. The summed E-state index contributed by atoms with van der Waals surface area (Å²) in [5.74, 6) is 0.0194. The Kier molecular flexibility index (Phi) is 4.29. The summed E-state index contributed by atoms with van der Waals surface area (Å²) in [5, 5.41) is 9.75. The van der Waals surface area contributed by atoms with Gasteiger partial charge in [0.1, 0.15) is 0 Å². The Bertz CT molecular complexity index is 517. The zero-order valence-corrected chi connectivity index (χ0v) is 12.6. The molecular formula is C16H24N4O. The molecule has 114 valence electrons. The van der Waals surface area contributed by atoms with Crippen molar-refractivity contribution in [1.29, 1.82) is 0 Å². The number of carbonyl (C=O) groups is 1.